The molecule has 2 aliphatic carbocycles. The normalized spacial score (nSPS) is 22.9. The Morgan fingerprint density at radius 1 is 1.14 bits per heavy atom. The van der Waals surface area contributed by atoms with Crippen molar-refractivity contribution < 1.29 is 36.9 Å². The Hall–Kier alpha value is -2.89. The number of nitriles is 1. The van der Waals surface area contributed by atoms with Crippen LogP contribution in [0.4, 0.5) is 22.0 Å². The summed E-state index contributed by atoms with van der Waals surface area (Å²) in [6, 6.07) is 3.05. The third-order valence-electron chi connectivity index (χ3n) is 5.35. The molecule has 0 amide bonds. The zero-order valence-corrected chi connectivity index (χ0v) is 14.3. The second-order valence-electron chi connectivity index (χ2n) is 6.87. The number of halogens is 5. The van der Waals surface area contributed by atoms with Crippen molar-refractivity contribution in [3.8, 4) is 29.1 Å². The van der Waals surface area contributed by atoms with Gasteiger partial charge in [-0.1, -0.05) is 0 Å². The van der Waals surface area contributed by atoms with Crippen LogP contribution in [0, 0.1) is 17.1 Å². The van der Waals surface area contributed by atoms with Crippen LogP contribution < -0.4 is 10.2 Å². The van der Waals surface area contributed by atoms with Gasteiger partial charge >= 0.3 is 11.8 Å². The zero-order chi connectivity index (χ0) is 21.5. The molecule has 2 unspecified atom stereocenters. The highest BCUT2D eigenvalue weighted by molar-refractivity contribution is 6.35. The van der Waals surface area contributed by atoms with Crippen molar-refractivity contribution in [2.24, 2.45) is 0 Å². The number of hydrogen-bond donors (Lipinski definition) is 2. The van der Waals surface area contributed by atoms with Crippen molar-refractivity contribution in [1.82, 2.24) is 0 Å². The summed E-state index contributed by atoms with van der Waals surface area (Å²) in [7, 11) is 11.4. The van der Waals surface area contributed by atoms with Crippen molar-refractivity contribution in [2.45, 2.75) is 30.0 Å². The number of nitrogens with zero attached hydrogens (tertiary/aromatic N) is 1. The zero-order valence-electron chi connectivity index (χ0n) is 14.3. The molecule has 0 saturated heterocycles. The number of phenols is 2. The molecule has 0 fully saturated rings. The van der Waals surface area contributed by atoms with Crippen LogP contribution in [0.15, 0.2) is 12.1 Å². The van der Waals surface area contributed by atoms with Crippen LogP contribution in [-0.4, -0.2) is 31.8 Å². The summed E-state index contributed by atoms with van der Waals surface area (Å²) >= 11 is 0. The van der Waals surface area contributed by atoms with Gasteiger partial charge in [0, 0.05) is 5.56 Å². The molecule has 2 N–H and O–H groups in total. The monoisotopic (exact) mass is 403 g/mol. The lowest BCUT2D eigenvalue weighted by atomic mass is 9.79. The van der Waals surface area contributed by atoms with Crippen LogP contribution in [0.1, 0.15) is 40.4 Å². The molecular formula is C18H8B2F5NO3. The molecule has 0 heterocycles. The van der Waals surface area contributed by atoms with Crippen molar-refractivity contribution >= 4 is 21.2 Å². The van der Waals surface area contributed by atoms with Gasteiger partial charge in [-0.05, 0) is 41.0 Å². The summed E-state index contributed by atoms with van der Waals surface area (Å²) in [6.45, 7) is 0. The third-order valence-corrected chi connectivity index (χ3v) is 5.35. The maximum Gasteiger partial charge on any atom is 0.336 e. The highest BCUT2D eigenvalue weighted by Gasteiger charge is 2.70. The standard InChI is InChI=1S/C18H8B2F5NO3/c19-8-3-7-10-6(17(22,23)18(7,24)25)1-2-9(11(8)10)29-16-12(20)13(21)14(27)5(4-26)15(16)28/h1-2,7-8,27-28H,3H2. The lowest BCUT2D eigenvalue weighted by Gasteiger charge is -2.25. The number of alkyl halides is 4. The van der Waals surface area contributed by atoms with Gasteiger partial charge < -0.3 is 14.9 Å². The number of phenolic OH excluding ortho intramolecular Hbond substituents is 2. The summed E-state index contributed by atoms with van der Waals surface area (Å²) in [5.41, 5.74) is -3.12. The SMILES string of the molecule is [B]c1c(F)c(O)c(C#N)c(O)c1Oc1ccc2c3c1C([B])CC3C(F)(F)C2(F)F. The molecule has 4 nitrogen and oxygen atoms in total. The molecule has 0 bridgehead atoms. The largest absolute Gasteiger partial charge is 0.504 e. The lowest BCUT2D eigenvalue weighted by Crippen LogP contribution is -2.36. The molecule has 2 atom stereocenters. The molecule has 4 rings (SSSR count). The van der Waals surface area contributed by atoms with Crippen LogP contribution in [0.3, 0.4) is 0 Å². The van der Waals surface area contributed by atoms with Gasteiger partial charge in [-0.15, -0.1) is 0 Å². The maximum atomic E-state index is 14.2. The first-order chi connectivity index (χ1) is 13.4. The predicted molar refractivity (Wildman–Crippen MR) is 91.0 cm³/mol. The number of rotatable bonds is 2. The van der Waals surface area contributed by atoms with E-state index in [-0.39, 0.29) is 16.9 Å². The van der Waals surface area contributed by atoms with Gasteiger partial charge in [-0.3, -0.25) is 0 Å². The summed E-state index contributed by atoms with van der Waals surface area (Å²) in [5, 5.41) is 28.6. The third kappa shape index (κ3) is 2.26. The van der Waals surface area contributed by atoms with E-state index in [1.165, 1.54) is 6.07 Å². The van der Waals surface area contributed by atoms with Crippen molar-refractivity contribution in [3.63, 3.8) is 0 Å². The van der Waals surface area contributed by atoms with Crippen LogP contribution >= 0.6 is 0 Å². The lowest BCUT2D eigenvalue weighted by molar-refractivity contribution is -0.215. The first-order valence-corrected chi connectivity index (χ1v) is 8.24. The van der Waals surface area contributed by atoms with E-state index in [0.717, 1.165) is 12.1 Å². The second-order valence-corrected chi connectivity index (χ2v) is 6.87. The van der Waals surface area contributed by atoms with E-state index >= 15 is 0 Å². The Bertz CT molecular complexity index is 1120. The van der Waals surface area contributed by atoms with Gasteiger partial charge in [0.2, 0.25) is 0 Å². The van der Waals surface area contributed by atoms with Crippen molar-refractivity contribution in [2.75, 3.05) is 0 Å². The second kappa shape index (κ2) is 5.81. The average Bonchev–Trinajstić information content (AvgIpc) is 3.08. The van der Waals surface area contributed by atoms with E-state index in [4.69, 9.17) is 25.7 Å². The number of ether oxygens (including phenoxy) is 1. The average molecular weight is 403 g/mol. The molecule has 0 saturated carbocycles. The van der Waals surface area contributed by atoms with Gasteiger partial charge in [0.05, 0.1) is 13.8 Å². The minimum absolute atomic E-state index is 0.143. The van der Waals surface area contributed by atoms with Gasteiger partial charge in [-0.25, -0.2) is 4.39 Å². The van der Waals surface area contributed by atoms with Crippen LogP contribution in [-0.2, 0) is 5.92 Å². The topological polar surface area (TPSA) is 73.5 Å². The van der Waals surface area contributed by atoms with Gasteiger partial charge in [0.1, 0.15) is 25.2 Å². The Labute approximate surface area is 163 Å². The summed E-state index contributed by atoms with van der Waals surface area (Å²) in [4.78, 5) is 0. The number of aromatic hydroxyl groups is 2. The molecular weight excluding hydrogens is 395 g/mol. The van der Waals surface area contributed by atoms with Gasteiger partial charge in [-0.2, -0.15) is 22.8 Å². The fourth-order valence-electron chi connectivity index (χ4n) is 3.96. The highest BCUT2D eigenvalue weighted by atomic mass is 19.3. The minimum atomic E-state index is -4.40. The van der Waals surface area contributed by atoms with E-state index < -0.39 is 69.7 Å². The van der Waals surface area contributed by atoms with Gasteiger partial charge in [0.15, 0.2) is 23.1 Å². The van der Waals surface area contributed by atoms with E-state index in [0.29, 0.717) is 0 Å². The minimum Gasteiger partial charge on any atom is -0.504 e. The highest BCUT2D eigenvalue weighted by Crippen LogP contribution is 2.66. The Balaban J connectivity index is 1.91. The molecule has 4 radical (unpaired) electrons. The fourth-order valence-corrected chi connectivity index (χ4v) is 3.96. The fraction of sp³-hybridized carbons (Fsp3) is 0.278. The molecule has 0 aromatic heterocycles. The molecule has 0 aliphatic heterocycles. The Morgan fingerprint density at radius 2 is 1.79 bits per heavy atom. The van der Waals surface area contributed by atoms with E-state index in [1.807, 2.05) is 0 Å². The van der Waals surface area contributed by atoms with Crippen LogP contribution in [0.2, 0.25) is 0 Å². The molecule has 144 valence electrons. The quantitative estimate of drug-likeness (QED) is 0.598. The van der Waals surface area contributed by atoms with Crippen molar-refractivity contribution in [3.05, 3.63) is 40.2 Å². The summed E-state index contributed by atoms with van der Waals surface area (Å²) in [6.07, 6.45) is -0.472. The molecule has 2 aromatic rings. The number of benzene rings is 2. The van der Waals surface area contributed by atoms with Crippen molar-refractivity contribution in [1.29, 1.82) is 5.26 Å². The van der Waals surface area contributed by atoms with E-state index in [2.05, 4.69) is 0 Å². The summed E-state index contributed by atoms with van der Waals surface area (Å²) in [5.74, 6) is -16.4. The van der Waals surface area contributed by atoms with E-state index in [9.17, 15) is 32.2 Å². The Kier molecular flexibility index (Phi) is 3.89. The van der Waals surface area contributed by atoms with E-state index in [1.54, 1.807) is 0 Å². The van der Waals surface area contributed by atoms with Gasteiger partial charge in [0.25, 0.3) is 0 Å². The first-order valence-electron chi connectivity index (χ1n) is 8.24. The molecule has 2 aliphatic rings. The number of hydrogen-bond acceptors (Lipinski definition) is 4. The predicted octanol–water partition coefficient (Wildman–Crippen LogP) is 3.13. The van der Waals surface area contributed by atoms with Crippen LogP contribution in [0.5, 0.6) is 23.0 Å². The first kappa shape index (κ1) is 19.4. The van der Waals surface area contributed by atoms with Crippen LogP contribution in [0.25, 0.3) is 0 Å². The molecule has 11 heteroatoms. The molecule has 2 aromatic carbocycles. The molecule has 0 spiro atoms. The molecule has 29 heavy (non-hydrogen) atoms. The summed E-state index contributed by atoms with van der Waals surface area (Å²) < 4.78 is 76.3. The maximum absolute atomic E-state index is 14.2. The Morgan fingerprint density at radius 3 is 2.41 bits per heavy atom. The smallest absolute Gasteiger partial charge is 0.336 e.